The molecule has 1 aliphatic heterocycles. The van der Waals surface area contributed by atoms with Gasteiger partial charge in [-0.25, -0.2) is 17.6 Å². The lowest BCUT2D eigenvalue weighted by molar-refractivity contribution is -0.139. The van der Waals surface area contributed by atoms with Crippen LogP contribution in [-0.2, 0) is 34.0 Å². The van der Waals surface area contributed by atoms with Gasteiger partial charge in [0, 0.05) is 31.3 Å². The highest BCUT2D eigenvalue weighted by Crippen LogP contribution is 2.29. The van der Waals surface area contributed by atoms with E-state index in [0.717, 1.165) is 18.2 Å². The predicted octanol–water partition coefficient (Wildman–Crippen LogP) is 3.72. The standard InChI is InChI=1S/C28H26FN5O4S/c1-39(37,38)28(25(35)36,17-19-7-3-2-4-8-19)33-26-30-24(21-11-13-23(29)14-12-21)31-27(32-26)34-16-15-20-9-5-6-10-22(20)18-34/h2-14H,15-18H2,1H3,(H,35,36)(H,30,31,32,33)/t28-/m1/s1. The number of nitrogens with one attached hydrogen (secondary N) is 1. The van der Waals surface area contributed by atoms with E-state index >= 15 is 0 Å². The molecule has 200 valence electrons. The highest BCUT2D eigenvalue weighted by Gasteiger charge is 2.49. The molecule has 0 saturated heterocycles. The number of hydrogen-bond acceptors (Lipinski definition) is 8. The van der Waals surface area contributed by atoms with Gasteiger partial charge >= 0.3 is 5.97 Å². The van der Waals surface area contributed by atoms with Gasteiger partial charge in [0.05, 0.1) is 0 Å². The third kappa shape index (κ3) is 5.44. The molecule has 4 aromatic rings. The molecule has 39 heavy (non-hydrogen) atoms. The van der Waals surface area contributed by atoms with Crippen molar-refractivity contribution in [1.82, 2.24) is 15.0 Å². The fraction of sp³-hybridized carbons (Fsp3) is 0.214. The van der Waals surface area contributed by atoms with Crippen LogP contribution in [0.2, 0.25) is 0 Å². The first-order valence-electron chi connectivity index (χ1n) is 12.2. The molecule has 0 radical (unpaired) electrons. The summed E-state index contributed by atoms with van der Waals surface area (Å²) in [5.74, 6) is -1.86. The molecule has 0 saturated carbocycles. The minimum Gasteiger partial charge on any atom is -0.479 e. The van der Waals surface area contributed by atoms with Crippen molar-refractivity contribution in [3.63, 3.8) is 0 Å². The maximum absolute atomic E-state index is 13.6. The largest absolute Gasteiger partial charge is 0.479 e. The minimum absolute atomic E-state index is 0.147. The maximum atomic E-state index is 13.6. The Kier molecular flexibility index (Phi) is 7.00. The molecule has 5 rings (SSSR count). The second-order valence-corrected chi connectivity index (χ2v) is 11.7. The average molecular weight is 548 g/mol. The second-order valence-electron chi connectivity index (χ2n) is 9.42. The number of nitrogens with zero attached hydrogens (tertiary/aromatic N) is 4. The first-order valence-corrected chi connectivity index (χ1v) is 14.1. The van der Waals surface area contributed by atoms with Crippen molar-refractivity contribution in [3.8, 4) is 11.4 Å². The van der Waals surface area contributed by atoms with Crippen LogP contribution in [-0.4, -0.2) is 52.1 Å². The smallest absolute Gasteiger partial charge is 0.345 e. The van der Waals surface area contributed by atoms with E-state index in [4.69, 9.17) is 0 Å². The zero-order valence-corrected chi connectivity index (χ0v) is 21.9. The molecule has 3 aromatic carbocycles. The summed E-state index contributed by atoms with van der Waals surface area (Å²) in [5, 5.41) is 12.9. The Hall–Kier alpha value is -4.38. The molecule has 2 heterocycles. The number of anilines is 2. The Morgan fingerprint density at radius 1 is 0.974 bits per heavy atom. The van der Waals surface area contributed by atoms with Crippen LogP contribution in [0.1, 0.15) is 16.7 Å². The summed E-state index contributed by atoms with van der Waals surface area (Å²) < 4.78 is 39.7. The molecule has 0 amide bonds. The van der Waals surface area contributed by atoms with E-state index in [0.29, 0.717) is 24.2 Å². The number of carboxylic acids is 1. The fourth-order valence-electron chi connectivity index (χ4n) is 4.58. The summed E-state index contributed by atoms with van der Waals surface area (Å²) in [5.41, 5.74) is 3.27. The monoisotopic (exact) mass is 547 g/mol. The molecule has 11 heteroatoms. The van der Waals surface area contributed by atoms with Gasteiger partial charge in [0.25, 0.3) is 0 Å². The Bertz CT molecular complexity index is 1620. The molecular formula is C28H26FN5O4S. The van der Waals surface area contributed by atoms with Crippen molar-refractivity contribution in [2.24, 2.45) is 0 Å². The third-order valence-electron chi connectivity index (χ3n) is 6.73. The van der Waals surface area contributed by atoms with Crippen LogP contribution in [0, 0.1) is 5.82 Å². The normalized spacial score (nSPS) is 14.8. The molecule has 0 aliphatic carbocycles. The van der Waals surface area contributed by atoms with Gasteiger partial charge in [-0.2, -0.15) is 15.0 Å². The number of aliphatic carboxylic acids is 1. The number of aromatic nitrogens is 3. The Labute approximate surface area is 225 Å². The van der Waals surface area contributed by atoms with E-state index in [2.05, 4.69) is 26.3 Å². The van der Waals surface area contributed by atoms with Crippen LogP contribution in [0.4, 0.5) is 16.3 Å². The highest BCUT2D eigenvalue weighted by atomic mass is 32.2. The second kappa shape index (κ2) is 10.4. The van der Waals surface area contributed by atoms with Gasteiger partial charge in [-0.05, 0) is 47.4 Å². The number of carbonyl (C=O) groups is 1. The number of hydrogen-bond donors (Lipinski definition) is 2. The molecule has 2 N–H and O–H groups in total. The zero-order valence-electron chi connectivity index (χ0n) is 21.1. The van der Waals surface area contributed by atoms with Crippen molar-refractivity contribution in [1.29, 1.82) is 0 Å². The van der Waals surface area contributed by atoms with Crippen LogP contribution in [0.5, 0.6) is 0 Å². The molecular weight excluding hydrogens is 521 g/mol. The van der Waals surface area contributed by atoms with E-state index in [1.165, 1.54) is 29.8 Å². The van der Waals surface area contributed by atoms with Crippen molar-refractivity contribution >= 4 is 27.7 Å². The van der Waals surface area contributed by atoms with Crippen molar-refractivity contribution in [3.05, 3.63) is 101 Å². The number of halogens is 1. The first kappa shape index (κ1) is 26.2. The van der Waals surface area contributed by atoms with Crippen molar-refractivity contribution in [2.45, 2.75) is 24.3 Å². The lowest BCUT2D eigenvalue weighted by Gasteiger charge is -2.31. The van der Waals surface area contributed by atoms with Gasteiger partial charge < -0.3 is 15.3 Å². The van der Waals surface area contributed by atoms with Gasteiger partial charge in [0.1, 0.15) is 5.82 Å². The zero-order chi connectivity index (χ0) is 27.6. The number of benzene rings is 3. The molecule has 1 atom stereocenters. The van der Waals surface area contributed by atoms with E-state index in [9.17, 15) is 22.7 Å². The van der Waals surface area contributed by atoms with E-state index < -0.39 is 26.5 Å². The molecule has 1 aliphatic rings. The first-order chi connectivity index (χ1) is 18.6. The summed E-state index contributed by atoms with van der Waals surface area (Å²) >= 11 is 0. The summed E-state index contributed by atoms with van der Waals surface area (Å²) in [6, 6.07) is 22.0. The lowest BCUT2D eigenvalue weighted by Crippen LogP contribution is -2.55. The topological polar surface area (TPSA) is 125 Å². The van der Waals surface area contributed by atoms with Crippen molar-refractivity contribution in [2.75, 3.05) is 23.0 Å². The number of carboxylic acid groups (broad SMARTS) is 1. The SMILES string of the molecule is CS(=O)(=O)[C@@](Cc1ccccc1)(Nc1nc(-c2ccc(F)cc2)nc(N2CCc3ccccc3C2)n1)C(=O)O. The molecule has 0 unspecified atom stereocenters. The predicted molar refractivity (Wildman–Crippen MR) is 145 cm³/mol. The van der Waals surface area contributed by atoms with Gasteiger partial charge in [-0.15, -0.1) is 0 Å². The molecule has 0 spiro atoms. The maximum Gasteiger partial charge on any atom is 0.345 e. The van der Waals surface area contributed by atoms with Crippen LogP contribution in [0.15, 0.2) is 78.9 Å². The number of rotatable bonds is 8. The van der Waals surface area contributed by atoms with E-state index in [-0.39, 0.29) is 24.1 Å². The van der Waals surface area contributed by atoms with E-state index in [1.807, 2.05) is 23.1 Å². The summed E-state index contributed by atoms with van der Waals surface area (Å²) in [6.07, 6.45) is 1.24. The van der Waals surface area contributed by atoms with Crippen LogP contribution in [0.3, 0.4) is 0 Å². The minimum atomic E-state index is -4.26. The van der Waals surface area contributed by atoms with Crippen LogP contribution in [0.25, 0.3) is 11.4 Å². The van der Waals surface area contributed by atoms with Crippen LogP contribution >= 0.6 is 0 Å². The summed E-state index contributed by atoms with van der Waals surface area (Å²) in [4.78, 5) is 25.6. The van der Waals surface area contributed by atoms with Gasteiger partial charge in [0.15, 0.2) is 15.7 Å². The Balaban J connectivity index is 1.61. The van der Waals surface area contributed by atoms with Crippen molar-refractivity contribution < 1.29 is 22.7 Å². The molecule has 1 aromatic heterocycles. The quantitative estimate of drug-likeness (QED) is 0.339. The van der Waals surface area contributed by atoms with Gasteiger partial charge in [-0.3, -0.25) is 0 Å². The Morgan fingerprint density at radius 2 is 1.64 bits per heavy atom. The molecule has 0 bridgehead atoms. The van der Waals surface area contributed by atoms with E-state index in [1.54, 1.807) is 30.3 Å². The number of sulfone groups is 1. The Morgan fingerprint density at radius 3 is 2.31 bits per heavy atom. The third-order valence-corrected chi connectivity index (χ3v) is 8.41. The average Bonchev–Trinajstić information content (AvgIpc) is 2.92. The highest BCUT2D eigenvalue weighted by molar-refractivity contribution is 7.93. The lowest BCUT2D eigenvalue weighted by atomic mass is 10.0. The number of fused-ring (bicyclic) bond motifs is 1. The summed E-state index contributed by atoms with van der Waals surface area (Å²) in [7, 11) is -4.26. The molecule has 9 nitrogen and oxygen atoms in total. The van der Waals surface area contributed by atoms with Gasteiger partial charge in [-0.1, -0.05) is 54.6 Å². The summed E-state index contributed by atoms with van der Waals surface area (Å²) in [6.45, 7) is 1.09. The van der Waals surface area contributed by atoms with Gasteiger partial charge in [0.2, 0.25) is 16.8 Å². The molecule has 0 fully saturated rings. The van der Waals surface area contributed by atoms with Crippen LogP contribution < -0.4 is 10.2 Å². The fourth-order valence-corrected chi connectivity index (χ4v) is 5.60.